The van der Waals surface area contributed by atoms with Crippen LogP contribution in [0.1, 0.15) is 31.2 Å². The number of rotatable bonds is 6. The lowest BCUT2D eigenvalue weighted by atomic mass is 10.2. The molecule has 7 nitrogen and oxygen atoms in total. The van der Waals surface area contributed by atoms with E-state index in [9.17, 15) is 8.42 Å². The number of H-pyrrole nitrogens is 1. The molecule has 0 aromatic carbocycles. The van der Waals surface area contributed by atoms with Crippen molar-refractivity contribution in [1.82, 2.24) is 19.4 Å². The first-order valence-corrected chi connectivity index (χ1v) is 8.80. The summed E-state index contributed by atoms with van der Waals surface area (Å²) >= 11 is 0. The predicted octanol–water partition coefficient (Wildman–Crippen LogP) is 0.282. The van der Waals surface area contributed by atoms with Crippen LogP contribution in [-0.4, -0.2) is 60.5 Å². The van der Waals surface area contributed by atoms with Gasteiger partial charge in [-0.15, -0.1) is 0 Å². The van der Waals surface area contributed by atoms with Gasteiger partial charge in [-0.3, -0.25) is 10.00 Å². The summed E-state index contributed by atoms with van der Waals surface area (Å²) in [5, 5.41) is 6.70. The SMILES string of the molecule is CCN1CCCC1CN(C)S(=O)(=O)c1c(CN)n[nH]c1C. The van der Waals surface area contributed by atoms with Crippen LogP contribution in [0.25, 0.3) is 0 Å². The molecule has 1 fully saturated rings. The standard InChI is InChI=1S/C13H25N5O2S/c1-4-18-7-5-6-11(18)9-17(3)21(19,20)13-10(2)15-16-12(13)8-14/h11H,4-9,14H2,1-3H3,(H,15,16). The minimum atomic E-state index is -3.56. The highest BCUT2D eigenvalue weighted by atomic mass is 32.2. The van der Waals surface area contributed by atoms with Crippen LogP contribution in [0.2, 0.25) is 0 Å². The van der Waals surface area contributed by atoms with E-state index in [-0.39, 0.29) is 11.4 Å². The summed E-state index contributed by atoms with van der Waals surface area (Å²) in [4.78, 5) is 2.56. The molecule has 0 amide bonds. The molecule has 1 aromatic heterocycles. The van der Waals surface area contributed by atoms with Crippen LogP contribution in [0, 0.1) is 6.92 Å². The van der Waals surface area contributed by atoms with Gasteiger partial charge in [0.15, 0.2) is 0 Å². The number of nitrogens with one attached hydrogen (secondary N) is 1. The monoisotopic (exact) mass is 315 g/mol. The summed E-state index contributed by atoms with van der Waals surface area (Å²) in [7, 11) is -1.92. The zero-order valence-electron chi connectivity index (χ0n) is 13.0. The second-order valence-corrected chi connectivity index (χ2v) is 7.52. The number of aromatic amines is 1. The Morgan fingerprint density at radius 1 is 1.52 bits per heavy atom. The number of likely N-dealkylation sites (tertiary alicyclic amines) is 1. The van der Waals surface area contributed by atoms with Crippen molar-refractivity contribution in [2.45, 2.75) is 44.2 Å². The summed E-state index contributed by atoms with van der Waals surface area (Å²) in [6.07, 6.45) is 2.17. The number of nitrogens with two attached hydrogens (primary N) is 1. The first kappa shape index (κ1) is 16.4. The molecule has 1 unspecified atom stereocenters. The number of hydrogen-bond acceptors (Lipinski definition) is 5. The molecule has 0 spiro atoms. The van der Waals surface area contributed by atoms with Crippen molar-refractivity contribution < 1.29 is 8.42 Å². The Balaban J connectivity index is 2.21. The van der Waals surface area contributed by atoms with Crippen LogP contribution in [0.15, 0.2) is 4.90 Å². The van der Waals surface area contributed by atoms with E-state index in [1.807, 2.05) is 0 Å². The Bertz CT molecular complexity index is 583. The molecule has 0 saturated carbocycles. The third-order valence-corrected chi connectivity index (χ3v) is 6.22. The maximum Gasteiger partial charge on any atom is 0.246 e. The van der Waals surface area contributed by atoms with E-state index in [1.54, 1.807) is 14.0 Å². The molecule has 1 aromatic rings. The van der Waals surface area contributed by atoms with E-state index < -0.39 is 10.0 Å². The lowest BCUT2D eigenvalue weighted by molar-refractivity contribution is 0.237. The van der Waals surface area contributed by atoms with E-state index in [0.29, 0.717) is 24.0 Å². The fraction of sp³-hybridized carbons (Fsp3) is 0.769. The summed E-state index contributed by atoms with van der Waals surface area (Å²) in [6.45, 7) is 6.44. The number of likely N-dealkylation sites (N-methyl/N-ethyl adjacent to an activating group) is 2. The Morgan fingerprint density at radius 3 is 2.86 bits per heavy atom. The van der Waals surface area contributed by atoms with Crippen molar-refractivity contribution >= 4 is 10.0 Å². The Kier molecular flexibility index (Phi) is 5.03. The molecule has 8 heteroatoms. The molecule has 2 heterocycles. The van der Waals surface area contributed by atoms with E-state index in [4.69, 9.17) is 5.73 Å². The molecular formula is C13H25N5O2S. The van der Waals surface area contributed by atoms with Crippen molar-refractivity contribution in [3.63, 3.8) is 0 Å². The number of sulfonamides is 1. The number of aromatic nitrogens is 2. The largest absolute Gasteiger partial charge is 0.325 e. The zero-order valence-corrected chi connectivity index (χ0v) is 13.8. The molecule has 0 aliphatic carbocycles. The van der Waals surface area contributed by atoms with E-state index in [2.05, 4.69) is 22.0 Å². The second kappa shape index (κ2) is 6.43. The molecule has 2 rings (SSSR count). The quantitative estimate of drug-likeness (QED) is 0.786. The van der Waals surface area contributed by atoms with E-state index in [1.165, 1.54) is 4.31 Å². The highest BCUT2D eigenvalue weighted by molar-refractivity contribution is 7.89. The van der Waals surface area contributed by atoms with Crippen LogP contribution in [-0.2, 0) is 16.6 Å². The number of nitrogens with zero attached hydrogens (tertiary/aromatic N) is 3. The maximum atomic E-state index is 12.8. The van der Waals surface area contributed by atoms with Crippen molar-refractivity contribution in [2.75, 3.05) is 26.7 Å². The average Bonchev–Trinajstić information content (AvgIpc) is 3.04. The lowest BCUT2D eigenvalue weighted by Crippen LogP contribution is -2.41. The van der Waals surface area contributed by atoms with Gasteiger partial charge in [-0.05, 0) is 32.9 Å². The summed E-state index contributed by atoms with van der Waals surface area (Å²) in [5.74, 6) is 0. The summed E-state index contributed by atoms with van der Waals surface area (Å²) < 4.78 is 27.0. The first-order valence-electron chi connectivity index (χ1n) is 7.36. The molecule has 0 bridgehead atoms. The number of aryl methyl sites for hydroxylation is 1. The molecule has 3 N–H and O–H groups in total. The van der Waals surface area contributed by atoms with Crippen molar-refractivity contribution in [3.05, 3.63) is 11.4 Å². The summed E-state index contributed by atoms with van der Waals surface area (Å²) in [5.41, 5.74) is 6.54. The van der Waals surface area contributed by atoms with Crippen LogP contribution in [0.4, 0.5) is 0 Å². The fourth-order valence-electron chi connectivity index (χ4n) is 3.02. The van der Waals surface area contributed by atoms with Gasteiger partial charge in [0.25, 0.3) is 0 Å². The second-order valence-electron chi connectivity index (χ2n) is 5.54. The van der Waals surface area contributed by atoms with Crippen LogP contribution in [0.3, 0.4) is 0 Å². The molecule has 1 saturated heterocycles. The zero-order chi connectivity index (χ0) is 15.6. The topological polar surface area (TPSA) is 95.3 Å². The molecule has 120 valence electrons. The van der Waals surface area contributed by atoms with Crippen LogP contribution >= 0.6 is 0 Å². The molecule has 1 aliphatic rings. The van der Waals surface area contributed by atoms with Gasteiger partial charge in [0.1, 0.15) is 4.90 Å². The van der Waals surface area contributed by atoms with Crippen molar-refractivity contribution in [3.8, 4) is 0 Å². The maximum absolute atomic E-state index is 12.8. The number of hydrogen-bond donors (Lipinski definition) is 2. The van der Waals surface area contributed by atoms with Gasteiger partial charge in [0.05, 0.1) is 11.4 Å². The van der Waals surface area contributed by atoms with Crippen LogP contribution < -0.4 is 5.73 Å². The Hall–Kier alpha value is -0.960. The van der Waals surface area contributed by atoms with Crippen molar-refractivity contribution in [1.29, 1.82) is 0 Å². The molecule has 21 heavy (non-hydrogen) atoms. The third kappa shape index (κ3) is 3.13. The first-order chi connectivity index (χ1) is 9.91. The van der Waals surface area contributed by atoms with E-state index >= 15 is 0 Å². The fourth-order valence-corrected chi connectivity index (χ4v) is 4.56. The predicted molar refractivity (Wildman–Crippen MR) is 81.3 cm³/mol. The molecule has 1 atom stereocenters. The van der Waals surface area contributed by atoms with Gasteiger partial charge in [-0.25, -0.2) is 8.42 Å². The van der Waals surface area contributed by atoms with Gasteiger partial charge in [0, 0.05) is 26.2 Å². The normalized spacial score (nSPS) is 20.5. The third-order valence-electron chi connectivity index (χ3n) is 4.20. The Labute approximate surface area is 126 Å². The molecule has 0 radical (unpaired) electrons. The van der Waals surface area contributed by atoms with Crippen LogP contribution in [0.5, 0.6) is 0 Å². The van der Waals surface area contributed by atoms with Crippen molar-refractivity contribution in [2.24, 2.45) is 5.73 Å². The van der Waals surface area contributed by atoms with Gasteiger partial charge in [-0.2, -0.15) is 9.40 Å². The highest BCUT2D eigenvalue weighted by Gasteiger charge is 2.32. The van der Waals surface area contributed by atoms with Gasteiger partial charge in [-0.1, -0.05) is 6.92 Å². The smallest absolute Gasteiger partial charge is 0.246 e. The lowest BCUT2D eigenvalue weighted by Gasteiger charge is -2.27. The Morgan fingerprint density at radius 2 is 2.24 bits per heavy atom. The minimum Gasteiger partial charge on any atom is -0.325 e. The summed E-state index contributed by atoms with van der Waals surface area (Å²) in [6, 6.07) is 0.295. The molecule has 1 aliphatic heterocycles. The minimum absolute atomic E-state index is 0.108. The average molecular weight is 315 g/mol. The van der Waals surface area contributed by atoms with E-state index in [0.717, 1.165) is 25.9 Å². The van der Waals surface area contributed by atoms with Gasteiger partial charge >= 0.3 is 0 Å². The molecular weight excluding hydrogens is 290 g/mol. The van der Waals surface area contributed by atoms with Gasteiger partial charge in [0.2, 0.25) is 10.0 Å². The highest BCUT2D eigenvalue weighted by Crippen LogP contribution is 2.24. The van der Waals surface area contributed by atoms with Gasteiger partial charge < -0.3 is 5.73 Å².